The van der Waals surface area contributed by atoms with Gasteiger partial charge in [-0.15, -0.1) is 15.3 Å². The maximum Gasteiger partial charge on any atom is 0.201 e. The van der Waals surface area contributed by atoms with E-state index in [-0.39, 0.29) is 0 Å². The first-order valence-electron chi connectivity index (χ1n) is 4.15. The van der Waals surface area contributed by atoms with Gasteiger partial charge < -0.3 is 4.52 Å². The summed E-state index contributed by atoms with van der Waals surface area (Å²) >= 11 is 0. The Kier molecular flexibility index (Phi) is 1.61. The minimum Gasteiger partial charge on any atom is -0.345 e. The van der Waals surface area contributed by atoms with Crippen molar-refractivity contribution in [1.29, 1.82) is 0 Å². The van der Waals surface area contributed by atoms with E-state index < -0.39 is 0 Å². The zero-order chi connectivity index (χ0) is 10.1. The summed E-state index contributed by atoms with van der Waals surface area (Å²) < 4.78 is 4.62. The number of nitrogens with zero attached hydrogens (tertiary/aromatic N) is 6. The lowest BCUT2D eigenvalue weighted by atomic mass is 10.3. The zero-order valence-corrected chi connectivity index (χ0v) is 7.40. The average Bonchev–Trinajstić information content (AvgIpc) is 2.88. The van der Waals surface area contributed by atoms with Crippen LogP contribution in [0.15, 0.2) is 29.2 Å². The summed E-state index contributed by atoms with van der Waals surface area (Å²) in [6.07, 6.45) is 2.84. The largest absolute Gasteiger partial charge is 0.345 e. The van der Waals surface area contributed by atoms with E-state index in [1.807, 2.05) is 0 Å². The Morgan fingerprint density at radius 2 is 1.80 bits per heavy atom. The topological polar surface area (TPSA) is 90.5 Å². The molecule has 0 aliphatic carbocycles. The van der Waals surface area contributed by atoms with Gasteiger partial charge in [0.15, 0.2) is 12.0 Å². The monoisotopic (exact) mass is 200 g/mol. The van der Waals surface area contributed by atoms with Crippen molar-refractivity contribution < 1.29 is 4.52 Å². The van der Waals surface area contributed by atoms with Crippen LogP contribution in [0.4, 0.5) is 0 Å². The van der Waals surface area contributed by atoms with Gasteiger partial charge in [0.25, 0.3) is 0 Å². The zero-order valence-electron chi connectivity index (χ0n) is 7.40. The van der Waals surface area contributed by atoms with Gasteiger partial charge in [-0.1, -0.05) is 0 Å². The molecule has 0 spiro atoms. The highest BCUT2D eigenvalue weighted by Gasteiger charge is 2.08. The van der Waals surface area contributed by atoms with Crippen LogP contribution in [0.2, 0.25) is 0 Å². The molecule has 0 amide bonds. The molecule has 72 valence electrons. The van der Waals surface area contributed by atoms with Crippen molar-refractivity contribution in [2.45, 2.75) is 0 Å². The average molecular weight is 200 g/mol. The first kappa shape index (κ1) is 7.92. The summed E-state index contributed by atoms with van der Waals surface area (Å²) in [7, 11) is 0. The second-order valence-corrected chi connectivity index (χ2v) is 2.79. The molecule has 0 fully saturated rings. The molecule has 3 heterocycles. The van der Waals surface area contributed by atoms with E-state index in [0.717, 1.165) is 0 Å². The van der Waals surface area contributed by atoms with Crippen LogP contribution in [0.3, 0.4) is 0 Å². The molecule has 1 aromatic heterocycles. The van der Waals surface area contributed by atoms with Crippen LogP contribution in [-0.2, 0) is 0 Å². The Balaban J connectivity index is 2.18. The fraction of sp³-hybridized carbons (Fsp3) is 0. The Bertz CT molecular complexity index is 520. The molecule has 7 nitrogen and oxygen atoms in total. The molecule has 1 aromatic rings. The van der Waals surface area contributed by atoms with Crippen molar-refractivity contribution in [2.24, 2.45) is 0 Å². The minimum absolute atomic E-state index is 0.498. The van der Waals surface area contributed by atoms with Crippen molar-refractivity contribution in [3.8, 4) is 22.9 Å². The molecule has 15 heavy (non-hydrogen) atoms. The molecule has 2 aliphatic rings. The predicted octanol–water partition coefficient (Wildman–Crippen LogP) is 0.421. The van der Waals surface area contributed by atoms with Gasteiger partial charge in [0.2, 0.25) is 5.82 Å². The lowest BCUT2D eigenvalue weighted by Gasteiger charge is -1.82. The van der Waals surface area contributed by atoms with E-state index in [2.05, 4.69) is 35.1 Å². The summed E-state index contributed by atoms with van der Waals surface area (Å²) in [5.74, 6) is 0.498. The first-order chi connectivity index (χ1) is 7.43. The van der Waals surface area contributed by atoms with Gasteiger partial charge in [0.05, 0.1) is 0 Å². The molecule has 0 saturated heterocycles. The quantitative estimate of drug-likeness (QED) is 0.562. The van der Waals surface area contributed by atoms with Gasteiger partial charge in [-0.2, -0.15) is 0 Å². The normalized spacial score (nSPS) is 10.7. The smallest absolute Gasteiger partial charge is 0.201 e. The van der Waals surface area contributed by atoms with E-state index in [1.165, 1.54) is 12.6 Å². The second-order valence-electron chi connectivity index (χ2n) is 2.79. The predicted molar refractivity (Wildman–Crippen MR) is 47.5 cm³/mol. The van der Waals surface area contributed by atoms with Gasteiger partial charge in [-0.25, -0.2) is 9.97 Å². The van der Waals surface area contributed by atoms with Gasteiger partial charge in [0, 0.05) is 5.27 Å². The highest BCUT2D eigenvalue weighted by atomic mass is 16.5. The van der Waals surface area contributed by atoms with Crippen LogP contribution < -0.4 is 0 Å². The van der Waals surface area contributed by atoms with Gasteiger partial charge >= 0.3 is 0 Å². The molecule has 2 aliphatic heterocycles. The number of imidazole rings is 1. The number of hydrogen-bond donors (Lipinski definition) is 0. The summed E-state index contributed by atoms with van der Waals surface area (Å²) in [4.78, 5) is 7.95. The van der Waals surface area contributed by atoms with E-state index in [4.69, 9.17) is 0 Å². The minimum atomic E-state index is 0.498. The number of aromatic nitrogens is 6. The van der Waals surface area contributed by atoms with Crippen LogP contribution in [-0.4, -0.2) is 30.5 Å². The number of fused-ring (bicyclic) bond motifs is 1. The highest BCUT2D eigenvalue weighted by molar-refractivity contribution is 5.55. The van der Waals surface area contributed by atoms with Crippen molar-refractivity contribution in [2.75, 3.05) is 0 Å². The van der Waals surface area contributed by atoms with Crippen LogP contribution >= 0.6 is 0 Å². The molecule has 0 aromatic carbocycles. The van der Waals surface area contributed by atoms with Crippen LogP contribution in [0.1, 0.15) is 0 Å². The molecular weight excluding hydrogens is 196 g/mol. The van der Waals surface area contributed by atoms with Gasteiger partial charge in [0.1, 0.15) is 17.7 Å². The molecule has 0 bridgehead atoms. The maximum absolute atomic E-state index is 4.62. The SMILES string of the molecule is c1nc2ccc(-c3conn3)nnc-2n1. The summed E-state index contributed by atoms with van der Waals surface area (Å²) in [6, 6.07) is 3.51. The molecule has 0 unspecified atom stereocenters. The summed E-state index contributed by atoms with van der Waals surface area (Å²) in [6.45, 7) is 0. The van der Waals surface area contributed by atoms with E-state index in [9.17, 15) is 0 Å². The fourth-order valence-electron chi connectivity index (χ4n) is 1.17. The second kappa shape index (κ2) is 3.05. The Labute approximate surface area is 83.5 Å². The van der Waals surface area contributed by atoms with Crippen molar-refractivity contribution in [3.05, 3.63) is 24.7 Å². The third-order valence-corrected chi connectivity index (χ3v) is 1.88. The lowest BCUT2D eigenvalue weighted by Crippen LogP contribution is -1.83. The van der Waals surface area contributed by atoms with Crippen LogP contribution in [0, 0.1) is 0 Å². The first-order valence-corrected chi connectivity index (χ1v) is 4.15. The van der Waals surface area contributed by atoms with Gasteiger partial charge in [-0.3, -0.25) is 0 Å². The fourth-order valence-corrected chi connectivity index (χ4v) is 1.17. The lowest BCUT2D eigenvalue weighted by molar-refractivity contribution is 0.393. The van der Waals surface area contributed by atoms with Crippen LogP contribution in [0.25, 0.3) is 22.9 Å². The third kappa shape index (κ3) is 1.30. The van der Waals surface area contributed by atoms with E-state index in [0.29, 0.717) is 22.9 Å². The van der Waals surface area contributed by atoms with E-state index in [1.54, 1.807) is 12.1 Å². The molecular formula is C8H4N6O. The van der Waals surface area contributed by atoms with Gasteiger partial charge in [-0.05, 0) is 12.1 Å². The maximum atomic E-state index is 4.62. The highest BCUT2D eigenvalue weighted by Crippen LogP contribution is 2.15. The van der Waals surface area contributed by atoms with Crippen molar-refractivity contribution in [3.63, 3.8) is 0 Å². The molecule has 3 rings (SSSR count). The Morgan fingerprint density at radius 3 is 2.67 bits per heavy atom. The van der Waals surface area contributed by atoms with E-state index >= 15 is 0 Å². The molecule has 0 N–H and O–H groups in total. The number of rotatable bonds is 1. The molecule has 0 radical (unpaired) electrons. The molecule has 0 saturated carbocycles. The Morgan fingerprint density at radius 1 is 0.867 bits per heavy atom. The summed E-state index contributed by atoms with van der Waals surface area (Å²) in [5.41, 5.74) is 1.78. The third-order valence-electron chi connectivity index (χ3n) is 1.88. The Hall–Kier alpha value is -2.44. The van der Waals surface area contributed by atoms with Crippen molar-refractivity contribution in [1.82, 2.24) is 30.5 Å². The molecule has 7 heteroatoms. The standard InChI is InChI=1S/C8H4N6O/c1-2-6-8(10-4-9-6)13-11-5(1)7-3-15-14-12-7/h1-4H. The number of hydrogen-bond acceptors (Lipinski definition) is 7. The molecule has 0 atom stereocenters. The van der Waals surface area contributed by atoms with Crippen LogP contribution in [0.5, 0.6) is 0 Å². The summed E-state index contributed by atoms with van der Waals surface area (Å²) in [5, 5.41) is 15.0. The van der Waals surface area contributed by atoms with Crippen molar-refractivity contribution >= 4 is 0 Å².